The van der Waals surface area contributed by atoms with E-state index in [9.17, 15) is 4.79 Å². The molecule has 0 spiro atoms. The number of likely N-dealkylation sites (N-methyl/N-ethyl adjacent to an activating group) is 1. The molecule has 0 aliphatic carbocycles. The smallest absolute Gasteiger partial charge is 0.248 e. The zero-order chi connectivity index (χ0) is 12.8. The number of hydrogen-bond acceptors (Lipinski definition) is 3. The molecule has 0 radical (unpaired) electrons. The maximum Gasteiger partial charge on any atom is 0.248 e. The molecular formula is C13H20N2O2. The predicted octanol–water partition coefficient (Wildman–Crippen LogP) is 1.77. The van der Waals surface area contributed by atoms with Gasteiger partial charge in [-0.25, -0.2) is 0 Å². The highest BCUT2D eigenvalue weighted by molar-refractivity contribution is 5.77. The molecular weight excluding hydrogens is 216 g/mol. The molecule has 1 aromatic heterocycles. The van der Waals surface area contributed by atoms with E-state index in [-0.39, 0.29) is 18.6 Å². The first-order chi connectivity index (χ1) is 7.99. The fraction of sp³-hybridized carbons (Fsp3) is 0.538. The molecule has 0 aromatic carbocycles. The van der Waals surface area contributed by atoms with Gasteiger partial charge in [-0.15, -0.1) is 0 Å². The van der Waals surface area contributed by atoms with Crippen molar-refractivity contribution in [1.29, 1.82) is 0 Å². The third kappa shape index (κ3) is 4.95. The number of ether oxygens (including phenoxy) is 1. The highest BCUT2D eigenvalue weighted by Gasteiger charge is 2.10. The van der Waals surface area contributed by atoms with Crippen LogP contribution in [-0.4, -0.2) is 35.5 Å². The average molecular weight is 236 g/mol. The van der Waals surface area contributed by atoms with Crippen molar-refractivity contribution in [3.63, 3.8) is 0 Å². The molecule has 94 valence electrons. The summed E-state index contributed by atoms with van der Waals surface area (Å²) >= 11 is 0. The summed E-state index contributed by atoms with van der Waals surface area (Å²) in [5.41, 5.74) is 1.85. The van der Waals surface area contributed by atoms with Crippen molar-refractivity contribution in [2.24, 2.45) is 0 Å². The van der Waals surface area contributed by atoms with Crippen LogP contribution in [0.15, 0.2) is 18.2 Å². The van der Waals surface area contributed by atoms with Crippen LogP contribution in [0.25, 0.3) is 0 Å². The van der Waals surface area contributed by atoms with Crippen molar-refractivity contribution in [3.8, 4) is 0 Å². The normalized spacial score (nSPS) is 10.6. The van der Waals surface area contributed by atoms with Gasteiger partial charge in [-0.05, 0) is 32.9 Å². The lowest BCUT2D eigenvalue weighted by molar-refractivity contribution is -0.136. The molecule has 0 aliphatic rings. The van der Waals surface area contributed by atoms with Gasteiger partial charge in [-0.1, -0.05) is 6.07 Å². The molecule has 4 heteroatoms. The lowest BCUT2D eigenvalue weighted by atomic mass is 10.3. The van der Waals surface area contributed by atoms with Crippen molar-refractivity contribution < 1.29 is 9.53 Å². The Hall–Kier alpha value is -1.42. The molecule has 0 aliphatic heterocycles. The number of aryl methyl sites for hydroxylation is 1. The Kier molecular flexibility index (Phi) is 5.10. The molecule has 1 amide bonds. The molecule has 17 heavy (non-hydrogen) atoms. The van der Waals surface area contributed by atoms with E-state index >= 15 is 0 Å². The maximum absolute atomic E-state index is 11.7. The molecule has 4 nitrogen and oxygen atoms in total. The van der Waals surface area contributed by atoms with E-state index in [0.717, 1.165) is 11.4 Å². The SMILES string of the molecule is Cc1cccc(CN(C)C(=O)COC(C)C)n1. The fourth-order valence-electron chi connectivity index (χ4n) is 1.37. The van der Waals surface area contributed by atoms with E-state index in [2.05, 4.69) is 4.98 Å². The Labute approximate surface area is 103 Å². The van der Waals surface area contributed by atoms with Gasteiger partial charge in [-0.3, -0.25) is 9.78 Å². The quantitative estimate of drug-likeness (QED) is 0.782. The van der Waals surface area contributed by atoms with E-state index < -0.39 is 0 Å². The molecule has 0 unspecified atom stereocenters. The van der Waals surface area contributed by atoms with Crippen molar-refractivity contribution in [2.45, 2.75) is 33.4 Å². The molecule has 1 aromatic rings. The van der Waals surface area contributed by atoms with Crippen LogP contribution in [0, 0.1) is 6.92 Å². The summed E-state index contributed by atoms with van der Waals surface area (Å²) in [5.74, 6) is -0.0259. The molecule has 0 saturated carbocycles. The molecule has 0 bridgehead atoms. The van der Waals surface area contributed by atoms with Gasteiger partial charge >= 0.3 is 0 Å². The summed E-state index contributed by atoms with van der Waals surface area (Å²) in [6, 6.07) is 5.80. The first-order valence-corrected chi connectivity index (χ1v) is 5.77. The number of hydrogen-bond donors (Lipinski definition) is 0. The molecule has 0 N–H and O–H groups in total. The lowest BCUT2D eigenvalue weighted by Gasteiger charge is -2.17. The topological polar surface area (TPSA) is 42.4 Å². The zero-order valence-corrected chi connectivity index (χ0v) is 10.9. The van der Waals surface area contributed by atoms with Crippen LogP contribution in [-0.2, 0) is 16.1 Å². The maximum atomic E-state index is 11.7. The molecule has 1 rings (SSSR count). The standard InChI is InChI=1S/C13H20N2O2/c1-10(2)17-9-13(16)15(4)8-12-7-5-6-11(3)14-12/h5-7,10H,8-9H2,1-4H3. The number of carbonyl (C=O) groups excluding carboxylic acids is 1. The van der Waals surface area contributed by atoms with E-state index in [0.29, 0.717) is 6.54 Å². The summed E-state index contributed by atoms with van der Waals surface area (Å²) in [4.78, 5) is 17.7. The second-order valence-corrected chi connectivity index (χ2v) is 4.38. The van der Waals surface area contributed by atoms with Gasteiger partial charge in [0.05, 0.1) is 18.3 Å². The van der Waals surface area contributed by atoms with Crippen molar-refractivity contribution in [3.05, 3.63) is 29.6 Å². The summed E-state index contributed by atoms with van der Waals surface area (Å²) in [5, 5.41) is 0. The number of pyridine rings is 1. The minimum Gasteiger partial charge on any atom is -0.369 e. The number of nitrogens with zero attached hydrogens (tertiary/aromatic N) is 2. The zero-order valence-electron chi connectivity index (χ0n) is 10.9. The third-order valence-corrected chi connectivity index (χ3v) is 2.31. The minimum absolute atomic E-state index is 0.0259. The number of carbonyl (C=O) groups is 1. The highest BCUT2D eigenvalue weighted by Crippen LogP contribution is 2.02. The van der Waals surface area contributed by atoms with Gasteiger partial charge in [0.15, 0.2) is 0 Å². The van der Waals surface area contributed by atoms with Gasteiger partial charge in [0, 0.05) is 12.7 Å². The monoisotopic (exact) mass is 236 g/mol. The van der Waals surface area contributed by atoms with E-state index in [4.69, 9.17) is 4.74 Å². The third-order valence-electron chi connectivity index (χ3n) is 2.31. The number of aromatic nitrogens is 1. The second-order valence-electron chi connectivity index (χ2n) is 4.38. The van der Waals surface area contributed by atoms with Crippen LogP contribution < -0.4 is 0 Å². The van der Waals surface area contributed by atoms with E-state index in [1.807, 2.05) is 39.0 Å². The van der Waals surface area contributed by atoms with Crippen LogP contribution in [0.4, 0.5) is 0 Å². The molecule has 0 atom stereocenters. The first-order valence-electron chi connectivity index (χ1n) is 5.77. The second kappa shape index (κ2) is 6.35. The highest BCUT2D eigenvalue weighted by atomic mass is 16.5. The fourth-order valence-corrected chi connectivity index (χ4v) is 1.37. The summed E-state index contributed by atoms with van der Waals surface area (Å²) < 4.78 is 5.27. The minimum atomic E-state index is -0.0259. The van der Waals surface area contributed by atoms with Crippen LogP contribution in [0.5, 0.6) is 0 Å². The van der Waals surface area contributed by atoms with E-state index in [1.165, 1.54) is 0 Å². The van der Waals surface area contributed by atoms with Gasteiger partial charge in [0.25, 0.3) is 0 Å². The Morgan fingerprint density at radius 1 is 1.47 bits per heavy atom. The number of rotatable bonds is 5. The van der Waals surface area contributed by atoms with Gasteiger partial charge in [0.2, 0.25) is 5.91 Å². The van der Waals surface area contributed by atoms with E-state index in [1.54, 1.807) is 11.9 Å². The van der Waals surface area contributed by atoms with Crippen molar-refractivity contribution in [2.75, 3.05) is 13.7 Å². The van der Waals surface area contributed by atoms with Crippen LogP contribution in [0.2, 0.25) is 0 Å². The van der Waals surface area contributed by atoms with Crippen molar-refractivity contribution >= 4 is 5.91 Å². The van der Waals surface area contributed by atoms with Crippen LogP contribution in [0.3, 0.4) is 0 Å². The first kappa shape index (κ1) is 13.6. The van der Waals surface area contributed by atoms with Gasteiger partial charge in [-0.2, -0.15) is 0 Å². The summed E-state index contributed by atoms with van der Waals surface area (Å²) in [6.07, 6.45) is 0.0736. The Bertz CT molecular complexity index is 377. The Morgan fingerprint density at radius 2 is 2.18 bits per heavy atom. The lowest BCUT2D eigenvalue weighted by Crippen LogP contribution is -2.31. The largest absolute Gasteiger partial charge is 0.369 e. The summed E-state index contributed by atoms with van der Waals surface area (Å²) in [7, 11) is 1.76. The predicted molar refractivity (Wildman–Crippen MR) is 66.5 cm³/mol. The van der Waals surface area contributed by atoms with Gasteiger partial charge in [0.1, 0.15) is 6.61 Å². The van der Waals surface area contributed by atoms with Crippen LogP contribution in [0.1, 0.15) is 25.2 Å². The molecule has 0 saturated heterocycles. The Morgan fingerprint density at radius 3 is 2.76 bits per heavy atom. The van der Waals surface area contributed by atoms with Gasteiger partial charge < -0.3 is 9.64 Å². The van der Waals surface area contributed by atoms with Crippen molar-refractivity contribution in [1.82, 2.24) is 9.88 Å². The Balaban J connectivity index is 2.48. The molecule has 0 fully saturated rings. The average Bonchev–Trinajstić information content (AvgIpc) is 2.25. The molecule has 1 heterocycles. The summed E-state index contributed by atoms with van der Waals surface area (Å²) in [6.45, 7) is 6.40. The number of amides is 1. The van der Waals surface area contributed by atoms with Crippen LogP contribution >= 0.6 is 0 Å².